The summed E-state index contributed by atoms with van der Waals surface area (Å²) >= 11 is 0. The molecular weight excluding hydrogens is 470 g/mol. The molecule has 2 aromatic carbocycles. The summed E-state index contributed by atoms with van der Waals surface area (Å²) in [5.74, 6) is -0.0730. The summed E-state index contributed by atoms with van der Waals surface area (Å²) in [6.45, 7) is 0.676. The molecule has 2 aromatic rings. The fourth-order valence-corrected chi connectivity index (χ4v) is 5.90. The fraction of sp³-hybridized carbons (Fsp3) is 0.464. The quantitative estimate of drug-likeness (QED) is 0.652. The first-order valence-corrected chi connectivity index (χ1v) is 13.1. The second-order valence-corrected chi connectivity index (χ2v) is 10.3. The van der Waals surface area contributed by atoms with Crippen LogP contribution in [-0.2, 0) is 22.6 Å². The van der Waals surface area contributed by atoms with Crippen LogP contribution < -0.4 is 5.32 Å². The molecule has 0 spiro atoms. The maximum Gasteiger partial charge on any atom is 0.334 e. The zero-order chi connectivity index (χ0) is 25.9. The molecule has 1 saturated carbocycles. The summed E-state index contributed by atoms with van der Waals surface area (Å²) in [5.41, 5.74) is 1.84. The SMILES string of the molecule is CN1CC(=O)N2[C@@H](Cc3ccc(O)cc3)C(=O)N(C3CCCCC3)C[C@@H]2N1C(=O)NCc1ccccc1. The van der Waals surface area contributed by atoms with Crippen LogP contribution in [0.1, 0.15) is 43.2 Å². The lowest BCUT2D eigenvalue weighted by Crippen LogP contribution is -2.77. The summed E-state index contributed by atoms with van der Waals surface area (Å²) < 4.78 is 0. The predicted molar refractivity (Wildman–Crippen MR) is 138 cm³/mol. The number of rotatable bonds is 5. The summed E-state index contributed by atoms with van der Waals surface area (Å²) in [6.07, 6.45) is 4.93. The minimum absolute atomic E-state index is 0.0119. The van der Waals surface area contributed by atoms with E-state index in [1.165, 1.54) is 6.42 Å². The largest absolute Gasteiger partial charge is 0.508 e. The number of phenolic OH excluding ortho intramolecular Hbond substituents is 1. The van der Waals surface area contributed by atoms with Gasteiger partial charge in [-0.3, -0.25) is 9.59 Å². The average Bonchev–Trinajstić information content (AvgIpc) is 2.91. The topological polar surface area (TPSA) is 96.4 Å². The molecule has 3 fully saturated rings. The Balaban J connectivity index is 1.44. The Kier molecular flexibility index (Phi) is 7.32. The maximum atomic E-state index is 13.9. The number of phenols is 1. The number of aromatic hydroxyl groups is 1. The minimum Gasteiger partial charge on any atom is -0.508 e. The number of nitrogens with one attached hydrogen (secondary N) is 1. The molecule has 196 valence electrons. The summed E-state index contributed by atoms with van der Waals surface area (Å²) in [5, 5.41) is 16.0. The number of hydrogen-bond donors (Lipinski definition) is 2. The standard InChI is InChI=1S/C28H35N5O4/c1-30-19-26(35)32-24(16-20-12-14-23(34)15-13-20)27(36)31(22-10-6-3-7-11-22)18-25(32)33(30)28(37)29-17-21-8-4-2-5-9-21/h2,4-5,8-9,12-15,22,24-25,34H,3,6-7,10-11,16-19H2,1H3,(H,29,37)/t24-,25-/m0/s1. The summed E-state index contributed by atoms with van der Waals surface area (Å²) in [7, 11) is 1.74. The lowest BCUT2D eigenvalue weighted by Gasteiger charge is -2.55. The molecule has 2 aliphatic heterocycles. The van der Waals surface area contributed by atoms with Gasteiger partial charge in [0.05, 0.1) is 13.1 Å². The number of piperazine rings is 1. The number of fused-ring (bicyclic) bond motifs is 1. The predicted octanol–water partition coefficient (Wildman–Crippen LogP) is 2.71. The molecule has 2 saturated heterocycles. The molecule has 4 amide bonds. The van der Waals surface area contributed by atoms with Gasteiger partial charge in [0, 0.05) is 26.1 Å². The summed E-state index contributed by atoms with van der Waals surface area (Å²) in [6, 6.07) is 15.5. The van der Waals surface area contributed by atoms with E-state index in [0.29, 0.717) is 19.5 Å². The molecule has 3 aliphatic rings. The van der Waals surface area contributed by atoms with Gasteiger partial charge in [0.1, 0.15) is 18.0 Å². The number of benzene rings is 2. The van der Waals surface area contributed by atoms with Gasteiger partial charge in [-0.25, -0.2) is 14.8 Å². The fourth-order valence-electron chi connectivity index (χ4n) is 5.90. The van der Waals surface area contributed by atoms with Crippen molar-refractivity contribution in [2.24, 2.45) is 0 Å². The molecule has 37 heavy (non-hydrogen) atoms. The highest BCUT2D eigenvalue weighted by atomic mass is 16.3. The molecule has 5 rings (SSSR count). The first-order valence-electron chi connectivity index (χ1n) is 13.1. The van der Waals surface area contributed by atoms with E-state index in [4.69, 9.17) is 0 Å². The van der Waals surface area contributed by atoms with Gasteiger partial charge in [-0.05, 0) is 36.1 Å². The third-order valence-electron chi connectivity index (χ3n) is 7.76. The number of carbonyl (C=O) groups excluding carboxylic acids is 3. The summed E-state index contributed by atoms with van der Waals surface area (Å²) in [4.78, 5) is 44.4. The van der Waals surface area contributed by atoms with Crippen molar-refractivity contribution in [2.75, 3.05) is 20.1 Å². The Morgan fingerprint density at radius 2 is 1.68 bits per heavy atom. The van der Waals surface area contributed by atoms with E-state index in [-0.39, 0.29) is 36.2 Å². The smallest absolute Gasteiger partial charge is 0.334 e. The molecule has 9 heteroatoms. The normalized spacial score (nSPS) is 23.2. The highest BCUT2D eigenvalue weighted by Gasteiger charge is 2.51. The molecule has 9 nitrogen and oxygen atoms in total. The van der Waals surface area contributed by atoms with Crippen LogP contribution >= 0.6 is 0 Å². The van der Waals surface area contributed by atoms with Crippen molar-refractivity contribution in [2.45, 2.75) is 63.3 Å². The lowest BCUT2D eigenvalue weighted by molar-refractivity contribution is -0.189. The molecule has 2 heterocycles. The van der Waals surface area contributed by atoms with E-state index in [1.54, 1.807) is 46.2 Å². The lowest BCUT2D eigenvalue weighted by atomic mass is 9.91. The number of amides is 4. The van der Waals surface area contributed by atoms with Crippen LogP contribution in [0.5, 0.6) is 5.75 Å². The highest BCUT2D eigenvalue weighted by molar-refractivity contribution is 5.91. The number of urea groups is 1. The van der Waals surface area contributed by atoms with Crippen LogP contribution in [0.25, 0.3) is 0 Å². The van der Waals surface area contributed by atoms with Crippen molar-refractivity contribution in [3.8, 4) is 5.75 Å². The minimum atomic E-state index is -0.712. The first kappa shape index (κ1) is 25.1. The first-order chi connectivity index (χ1) is 17.9. The number of hydrogen-bond acceptors (Lipinski definition) is 5. The number of likely N-dealkylation sites (N-methyl/N-ethyl adjacent to an activating group) is 1. The molecular formula is C28H35N5O4. The number of nitrogens with zero attached hydrogens (tertiary/aromatic N) is 4. The van der Waals surface area contributed by atoms with Gasteiger partial charge < -0.3 is 20.2 Å². The maximum absolute atomic E-state index is 13.9. The van der Waals surface area contributed by atoms with Gasteiger partial charge in [-0.2, -0.15) is 0 Å². The van der Waals surface area contributed by atoms with Crippen molar-refractivity contribution in [1.29, 1.82) is 0 Å². The van der Waals surface area contributed by atoms with Gasteiger partial charge in [-0.1, -0.05) is 61.7 Å². The highest BCUT2D eigenvalue weighted by Crippen LogP contribution is 2.32. The van der Waals surface area contributed by atoms with E-state index >= 15 is 0 Å². The monoisotopic (exact) mass is 505 g/mol. The number of hydrazine groups is 1. The Bertz CT molecular complexity index is 1120. The Morgan fingerprint density at radius 3 is 2.38 bits per heavy atom. The molecule has 2 N–H and O–H groups in total. The van der Waals surface area contributed by atoms with Gasteiger partial charge in [-0.15, -0.1) is 0 Å². The van der Waals surface area contributed by atoms with Gasteiger partial charge in [0.2, 0.25) is 11.8 Å². The van der Waals surface area contributed by atoms with E-state index in [1.807, 2.05) is 35.2 Å². The zero-order valence-corrected chi connectivity index (χ0v) is 21.3. The van der Waals surface area contributed by atoms with Crippen LogP contribution in [0.2, 0.25) is 0 Å². The van der Waals surface area contributed by atoms with Crippen molar-refractivity contribution in [1.82, 2.24) is 25.1 Å². The van der Waals surface area contributed by atoms with E-state index in [2.05, 4.69) is 5.32 Å². The Labute approximate surface area is 217 Å². The molecule has 0 radical (unpaired) electrons. The van der Waals surface area contributed by atoms with E-state index in [0.717, 1.165) is 36.8 Å². The Hall–Kier alpha value is -3.59. The third kappa shape index (κ3) is 5.27. The Morgan fingerprint density at radius 1 is 0.973 bits per heavy atom. The average molecular weight is 506 g/mol. The van der Waals surface area contributed by atoms with Crippen LogP contribution in [0.3, 0.4) is 0 Å². The van der Waals surface area contributed by atoms with Crippen molar-refractivity contribution in [3.05, 3.63) is 65.7 Å². The van der Waals surface area contributed by atoms with Crippen molar-refractivity contribution in [3.63, 3.8) is 0 Å². The number of carbonyl (C=O) groups is 3. The van der Waals surface area contributed by atoms with Gasteiger partial charge in [0.25, 0.3) is 0 Å². The molecule has 2 atom stereocenters. The molecule has 1 aliphatic carbocycles. The van der Waals surface area contributed by atoms with E-state index in [9.17, 15) is 19.5 Å². The molecule has 0 aromatic heterocycles. The van der Waals surface area contributed by atoms with Crippen LogP contribution in [-0.4, -0.2) is 81.2 Å². The van der Waals surface area contributed by atoms with Crippen LogP contribution in [0.15, 0.2) is 54.6 Å². The van der Waals surface area contributed by atoms with Crippen LogP contribution in [0, 0.1) is 0 Å². The van der Waals surface area contributed by atoms with E-state index < -0.39 is 12.2 Å². The molecule has 0 unspecified atom stereocenters. The van der Waals surface area contributed by atoms with Crippen molar-refractivity contribution >= 4 is 17.8 Å². The molecule has 0 bridgehead atoms. The van der Waals surface area contributed by atoms with Gasteiger partial charge in [0.15, 0.2) is 0 Å². The zero-order valence-electron chi connectivity index (χ0n) is 21.3. The third-order valence-corrected chi connectivity index (χ3v) is 7.76. The van der Waals surface area contributed by atoms with Gasteiger partial charge >= 0.3 is 6.03 Å². The second kappa shape index (κ2) is 10.8. The van der Waals surface area contributed by atoms with Crippen LogP contribution in [0.4, 0.5) is 4.79 Å². The second-order valence-electron chi connectivity index (χ2n) is 10.3. The van der Waals surface area contributed by atoms with Crippen molar-refractivity contribution < 1.29 is 19.5 Å².